The maximum Gasteiger partial charge on any atom is 0.338 e. The van der Waals surface area contributed by atoms with Gasteiger partial charge in [-0.25, -0.2) is 4.79 Å². The fraction of sp³-hybridized carbons (Fsp3) is 0.0909. The van der Waals surface area contributed by atoms with E-state index < -0.39 is 0 Å². The number of methoxy groups -OCH3 is 1. The van der Waals surface area contributed by atoms with E-state index in [2.05, 4.69) is 9.72 Å². The Kier molecular flexibility index (Phi) is 2.14. The molecule has 0 aliphatic carbocycles. The molecular formula is C11H9NO2. The number of hydrogen-bond donors (Lipinski definition) is 0. The Morgan fingerprint density at radius 1 is 1.36 bits per heavy atom. The maximum absolute atomic E-state index is 11.4. The summed E-state index contributed by atoms with van der Waals surface area (Å²) in [6, 6.07) is 7.36. The van der Waals surface area contributed by atoms with Crippen molar-refractivity contribution in [1.82, 2.24) is 4.98 Å². The molecule has 0 saturated carbocycles. The molecule has 0 unspecified atom stereocenters. The molecule has 0 N–H and O–H groups in total. The summed E-state index contributed by atoms with van der Waals surface area (Å²) >= 11 is 0. The van der Waals surface area contributed by atoms with Crippen molar-refractivity contribution in [1.29, 1.82) is 0 Å². The van der Waals surface area contributed by atoms with Crippen molar-refractivity contribution < 1.29 is 9.53 Å². The minimum atomic E-state index is -0.330. The minimum Gasteiger partial charge on any atom is -0.465 e. The van der Waals surface area contributed by atoms with E-state index in [1.54, 1.807) is 18.5 Å². The molecule has 0 radical (unpaired) electrons. The minimum absolute atomic E-state index is 0.330. The predicted molar refractivity (Wildman–Crippen MR) is 53.1 cm³/mol. The molecule has 0 fully saturated rings. The predicted octanol–water partition coefficient (Wildman–Crippen LogP) is 2.02. The molecule has 3 nitrogen and oxygen atoms in total. The molecule has 0 saturated heterocycles. The molecular weight excluding hydrogens is 178 g/mol. The third kappa shape index (κ3) is 1.33. The lowest BCUT2D eigenvalue weighted by molar-refractivity contribution is 0.0603. The van der Waals surface area contributed by atoms with Gasteiger partial charge in [-0.2, -0.15) is 0 Å². The Labute approximate surface area is 81.3 Å². The van der Waals surface area contributed by atoms with Crippen molar-refractivity contribution in [3.05, 3.63) is 42.2 Å². The Morgan fingerprint density at radius 2 is 2.21 bits per heavy atom. The molecule has 0 aliphatic rings. The van der Waals surface area contributed by atoms with Gasteiger partial charge in [0.25, 0.3) is 0 Å². The van der Waals surface area contributed by atoms with Crippen LogP contribution in [0.15, 0.2) is 36.7 Å². The van der Waals surface area contributed by atoms with Gasteiger partial charge in [-0.05, 0) is 17.5 Å². The van der Waals surface area contributed by atoms with E-state index in [0.717, 1.165) is 10.8 Å². The highest BCUT2D eigenvalue weighted by atomic mass is 16.5. The third-order valence-corrected chi connectivity index (χ3v) is 2.09. The van der Waals surface area contributed by atoms with Gasteiger partial charge in [-0.3, -0.25) is 4.98 Å². The van der Waals surface area contributed by atoms with Gasteiger partial charge < -0.3 is 4.74 Å². The SMILES string of the molecule is COC(=O)c1cccc2ccncc12. The standard InChI is InChI=1S/C11H9NO2/c1-14-11(13)9-4-2-3-8-5-6-12-7-10(8)9/h2-7H,1H3. The first kappa shape index (κ1) is 8.69. The van der Waals surface area contributed by atoms with Crippen LogP contribution < -0.4 is 0 Å². The lowest BCUT2D eigenvalue weighted by atomic mass is 10.1. The van der Waals surface area contributed by atoms with Crippen molar-refractivity contribution in [3.8, 4) is 0 Å². The topological polar surface area (TPSA) is 39.2 Å². The highest BCUT2D eigenvalue weighted by Gasteiger charge is 2.08. The van der Waals surface area contributed by atoms with Gasteiger partial charge in [0.15, 0.2) is 0 Å². The zero-order valence-electron chi connectivity index (χ0n) is 7.73. The second-order valence-electron chi connectivity index (χ2n) is 2.89. The molecule has 3 heteroatoms. The molecule has 2 rings (SSSR count). The van der Waals surface area contributed by atoms with Gasteiger partial charge in [0.05, 0.1) is 12.7 Å². The summed E-state index contributed by atoms with van der Waals surface area (Å²) in [6.45, 7) is 0. The van der Waals surface area contributed by atoms with E-state index in [4.69, 9.17) is 0 Å². The molecule has 0 spiro atoms. The van der Waals surface area contributed by atoms with Crippen molar-refractivity contribution >= 4 is 16.7 Å². The van der Waals surface area contributed by atoms with Crippen LogP contribution in [0.5, 0.6) is 0 Å². The summed E-state index contributed by atoms with van der Waals surface area (Å²) in [4.78, 5) is 15.4. The quantitative estimate of drug-likeness (QED) is 0.641. The largest absolute Gasteiger partial charge is 0.465 e. The summed E-state index contributed by atoms with van der Waals surface area (Å²) in [5.74, 6) is -0.330. The molecule has 0 atom stereocenters. The van der Waals surface area contributed by atoms with E-state index in [1.807, 2.05) is 18.2 Å². The average Bonchev–Trinajstić information content (AvgIpc) is 2.27. The number of carbonyl (C=O) groups excluding carboxylic acids is 1. The van der Waals surface area contributed by atoms with Gasteiger partial charge >= 0.3 is 5.97 Å². The molecule has 70 valence electrons. The van der Waals surface area contributed by atoms with Crippen LogP contribution >= 0.6 is 0 Å². The second kappa shape index (κ2) is 3.46. The maximum atomic E-state index is 11.4. The molecule has 0 bridgehead atoms. The number of fused-ring (bicyclic) bond motifs is 1. The third-order valence-electron chi connectivity index (χ3n) is 2.09. The molecule has 1 aromatic carbocycles. The van der Waals surface area contributed by atoms with Crippen molar-refractivity contribution in [2.24, 2.45) is 0 Å². The van der Waals surface area contributed by atoms with E-state index in [0.29, 0.717) is 5.56 Å². The highest BCUT2D eigenvalue weighted by molar-refractivity contribution is 6.03. The lowest BCUT2D eigenvalue weighted by Crippen LogP contribution is -2.01. The fourth-order valence-corrected chi connectivity index (χ4v) is 1.40. The molecule has 1 heterocycles. The van der Waals surface area contributed by atoms with E-state index in [1.165, 1.54) is 7.11 Å². The van der Waals surface area contributed by atoms with Crippen molar-refractivity contribution in [2.45, 2.75) is 0 Å². The van der Waals surface area contributed by atoms with Crippen molar-refractivity contribution in [2.75, 3.05) is 7.11 Å². The first-order valence-electron chi connectivity index (χ1n) is 4.24. The number of benzene rings is 1. The lowest BCUT2D eigenvalue weighted by Gasteiger charge is -2.02. The summed E-state index contributed by atoms with van der Waals surface area (Å²) in [7, 11) is 1.37. The number of ether oxygens (including phenoxy) is 1. The molecule has 1 aromatic heterocycles. The Balaban J connectivity index is 2.71. The number of pyridine rings is 1. The van der Waals surface area contributed by atoms with Crippen LogP contribution in [0.3, 0.4) is 0 Å². The van der Waals surface area contributed by atoms with Crippen LogP contribution in [-0.2, 0) is 4.74 Å². The molecule has 14 heavy (non-hydrogen) atoms. The number of rotatable bonds is 1. The fourth-order valence-electron chi connectivity index (χ4n) is 1.40. The van der Waals surface area contributed by atoms with Crippen LogP contribution in [0.2, 0.25) is 0 Å². The van der Waals surface area contributed by atoms with Gasteiger partial charge in [0, 0.05) is 17.8 Å². The number of hydrogen-bond acceptors (Lipinski definition) is 3. The smallest absolute Gasteiger partial charge is 0.338 e. The van der Waals surface area contributed by atoms with Crippen LogP contribution in [0.25, 0.3) is 10.8 Å². The number of carbonyl (C=O) groups is 1. The first-order valence-corrected chi connectivity index (χ1v) is 4.24. The van der Waals surface area contributed by atoms with E-state index in [9.17, 15) is 4.79 Å². The number of nitrogens with zero attached hydrogens (tertiary/aromatic N) is 1. The van der Waals surface area contributed by atoms with Gasteiger partial charge in [0.2, 0.25) is 0 Å². The van der Waals surface area contributed by atoms with Crippen LogP contribution in [0.1, 0.15) is 10.4 Å². The Bertz CT molecular complexity index is 474. The van der Waals surface area contributed by atoms with Crippen LogP contribution in [0, 0.1) is 0 Å². The molecule has 0 amide bonds. The number of aromatic nitrogens is 1. The summed E-state index contributed by atoms with van der Waals surface area (Å²) in [5.41, 5.74) is 0.554. The summed E-state index contributed by atoms with van der Waals surface area (Å²) in [6.07, 6.45) is 3.37. The average molecular weight is 187 g/mol. The number of esters is 1. The van der Waals surface area contributed by atoms with Gasteiger partial charge in [-0.1, -0.05) is 12.1 Å². The zero-order valence-corrected chi connectivity index (χ0v) is 7.73. The Morgan fingerprint density at radius 3 is 3.00 bits per heavy atom. The normalized spacial score (nSPS) is 10.1. The van der Waals surface area contributed by atoms with Crippen molar-refractivity contribution in [3.63, 3.8) is 0 Å². The first-order chi connectivity index (χ1) is 6.83. The summed E-state index contributed by atoms with van der Waals surface area (Å²) in [5, 5.41) is 1.81. The molecule has 2 aromatic rings. The Hall–Kier alpha value is -1.90. The van der Waals surface area contributed by atoms with E-state index in [-0.39, 0.29) is 5.97 Å². The highest BCUT2D eigenvalue weighted by Crippen LogP contribution is 2.17. The van der Waals surface area contributed by atoms with Crippen LogP contribution in [-0.4, -0.2) is 18.1 Å². The van der Waals surface area contributed by atoms with Crippen LogP contribution in [0.4, 0.5) is 0 Å². The second-order valence-corrected chi connectivity index (χ2v) is 2.89. The molecule has 0 aliphatic heterocycles. The summed E-state index contributed by atoms with van der Waals surface area (Å²) < 4.78 is 4.68. The zero-order chi connectivity index (χ0) is 9.97. The van der Waals surface area contributed by atoms with Gasteiger partial charge in [0.1, 0.15) is 0 Å². The van der Waals surface area contributed by atoms with Gasteiger partial charge in [-0.15, -0.1) is 0 Å². The van der Waals surface area contributed by atoms with E-state index >= 15 is 0 Å². The monoisotopic (exact) mass is 187 g/mol.